The summed E-state index contributed by atoms with van der Waals surface area (Å²) in [6, 6.07) is 10.4. The van der Waals surface area contributed by atoms with Crippen molar-refractivity contribution in [2.45, 2.75) is 12.5 Å². The van der Waals surface area contributed by atoms with Gasteiger partial charge in [0, 0.05) is 36.2 Å². The maximum Gasteiger partial charge on any atom is 0.295 e. The Morgan fingerprint density at radius 2 is 1.94 bits per heavy atom. The summed E-state index contributed by atoms with van der Waals surface area (Å²) in [6.45, 7) is 4.13. The van der Waals surface area contributed by atoms with Crippen LogP contribution in [-0.4, -0.2) is 73.1 Å². The number of rotatable bonds is 7. The lowest BCUT2D eigenvalue weighted by Gasteiger charge is -2.29. The zero-order valence-corrected chi connectivity index (χ0v) is 20.4. The molecule has 2 aliphatic heterocycles. The number of methoxy groups -OCH3 is 1. The predicted octanol–water partition coefficient (Wildman–Crippen LogP) is 3.74. The lowest BCUT2D eigenvalue weighted by atomic mass is 9.95. The van der Waals surface area contributed by atoms with Crippen LogP contribution in [0.15, 0.2) is 52.5 Å². The molecule has 1 amide bonds. The molecule has 2 aliphatic rings. The van der Waals surface area contributed by atoms with Gasteiger partial charge >= 0.3 is 0 Å². The number of morpholine rings is 1. The average Bonchev–Trinajstić information content (AvgIpc) is 3.09. The van der Waals surface area contributed by atoms with Crippen LogP contribution >= 0.6 is 15.9 Å². The number of ketones is 1. The second-order valence-electron chi connectivity index (χ2n) is 8.20. The van der Waals surface area contributed by atoms with Crippen LogP contribution < -0.4 is 4.74 Å². The molecular weight excluding hydrogens is 507 g/mol. The van der Waals surface area contributed by atoms with Gasteiger partial charge in [-0.3, -0.25) is 14.5 Å². The van der Waals surface area contributed by atoms with E-state index in [-0.39, 0.29) is 16.9 Å². The molecule has 0 spiro atoms. The molecule has 2 fully saturated rings. The Labute approximate surface area is 205 Å². The van der Waals surface area contributed by atoms with Gasteiger partial charge in [0.15, 0.2) is 11.6 Å². The van der Waals surface area contributed by atoms with Gasteiger partial charge in [-0.15, -0.1) is 0 Å². The van der Waals surface area contributed by atoms with Crippen LogP contribution in [0.5, 0.6) is 5.75 Å². The first-order valence-electron chi connectivity index (χ1n) is 11.1. The number of ether oxygens (including phenoxy) is 2. The quantitative estimate of drug-likeness (QED) is 0.332. The van der Waals surface area contributed by atoms with Crippen LogP contribution in [0, 0.1) is 5.82 Å². The fourth-order valence-electron chi connectivity index (χ4n) is 4.39. The molecule has 2 heterocycles. The van der Waals surface area contributed by atoms with Gasteiger partial charge in [-0.25, -0.2) is 4.39 Å². The molecule has 0 saturated carbocycles. The van der Waals surface area contributed by atoms with E-state index in [9.17, 15) is 19.1 Å². The molecule has 180 valence electrons. The van der Waals surface area contributed by atoms with Gasteiger partial charge < -0.3 is 19.5 Å². The molecule has 0 bridgehead atoms. The van der Waals surface area contributed by atoms with Crippen LogP contribution in [-0.2, 0) is 14.3 Å². The second-order valence-corrected chi connectivity index (χ2v) is 9.12. The molecule has 2 aromatic carbocycles. The van der Waals surface area contributed by atoms with E-state index in [2.05, 4.69) is 20.8 Å². The standard InChI is InChI=1S/C25H26BrFN2O5/c1-33-20-7-6-17(15-19(20)27)23(30)21-22(16-4-2-5-18(26)14-16)29(25(32)24(21)31)9-3-8-28-10-12-34-13-11-28/h2,4-7,14-15,22,30H,3,8-13H2,1H3/t22-/m1/s1. The topological polar surface area (TPSA) is 79.3 Å². The number of benzene rings is 2. The second kappa shape index (κ2) is 10.7. The summed E-state index contributed by atoms with van der Waals surface area (Å²) < 4.78 is 25.4. The number of hydrogen-bond donors (Lipinski definition) is 1. The molecule has 7 nitrogen and oxygen atoms in total. The monoisotopic (exact) mass is 532 g/mol. The van der Waals surface area contributed by atoms with Crippen LogP contribution in [0.1, 0.15) is 23.6 Å². The minimum Gasteiger partial charge on any atom is -0.507 e. The molecule has 9 heteroatoms. The maximum atomic E-state index is 14.3. The zero-order valence-electron chi connectivity index (χ0n) is 18.8. The first-order chi connectivity index (χ1) is 16.4. The molecular formula is C25H26BrFN2O5. The van der Waals surface area contributed by atoms with Gasteiger partial charge in [0.25, 0.3) is 11.7 Å². The SMILES string of the molecule is COc1ccc(C(O)=C2C(=O)C(=O)N(CCCN3CCOCC3)[C@@H]2c2cccc(Br)c2)cc1F. The number of aliphatic hydroxyl groups excluding tert-OH is 1. The summed E-state index contributed by atoms with van der Waals surface area (Å²) in [5, 5.41) is 11.1. The summed E-state index contributed by atoms with van der Waals surface area (Å²) in [7, 11) is 1.34. The number of aliphatic hydroxyl groups is 1. The van der Waals surface area contributed by atoms with E-state index in [1.165, 1.54) is 24.1 Å². The van der Waals surface area contributed by atoms with Crippen molar-refractivity contribution in [2.75, 3.05) is 46.5 Å². The van der Waals surface area contributed by atoms with Crippen molar-refractivity contribution >= 4 is 33.4 Å². The number of carbonyl (C=O) groups is 2. The van der Waals surface area contributed by atoms with Gasteiger partial charge in [-0.1, -0.05) is 28.1 Å². The minimum absolute atomic E-state index is 0.0173. The van der Waals surface area contributed by atoms with Crippen molar-refractivity contribution in [1.82, 2.24) is 9.80 Å². The lowest BCUT2D eigenvalue weighted by molar-refractivity contribution is -0.140. The molecule has 1 N–H and O–H groups in total. The number of nitrogens with zero attached hydrogens (tertiary/aromatic N) is 2. The Morgan fingerprint density at radius 3 is 2.62 bits per heavy atom. The molecule has 1 atom stereocenters. The van der Waals surface area contributed by atoms with Crippen molar-refractivity contribution in [2.24, 2.45) is 0 Å². The van der Waals surface area contributed by atoms with Crippen LogP contribution in [0.4, 0.5) is 4.39 Å². The first-order valence-corrected chi connectivity index (χ1v) is 11.9. The van der Waals surface area contributed by atoms with Gasteiger partial charge in [0.05, 0.1) is 31.9 Å². The number of hydrogen-bond acceptors (Lipinski definition) is 6. The fourth-order valence-corrected chi connectivity index (χ4v) is 4.81. The highest BCUT2D eigenvalue weighted by molar-refractivity contribution is 9.10. The van der Waals surface area contributed by atoms with Crippen molar-refractivity contribution in [3.05, 3.63) is 69.5 Å². The van der Waals surface area contributed by atoms with Crippen molar-refractivity contribution in [3.8, 4) is 5.75 Å². The molecule has 34 heavy (non-hydrogen) atoms. The summed E-state index contributed by atoms with van der Waals surface area (Å²) in [4.78, 5) is 29.9. The predicted molar refractivity (Wildman–Crippen MR) is 128 cm³/mol. The van der Waals surface area contributed by atoms with Gasteiger partial charge in [0.2, 0.25) is 0 Å². The number of halogens is 2. The minimum atomic E-state index is -0.787. The van der Waals surface area contributed by atoms with Gasteiger partial charge in [-0.05, 0) is 42.3 Å². The fraction of sp³-hybridized carbons (Fsp3) is 0.360. The van der Waals surface area contributed by atoms with Crippen LogP contribution in [0.3, 0.4) is 0 Å². The number of Topliss-reactive ketones (excluding diaryl/α,β-unsaturated/α-hetero) is 1. The van der Waals surface area contributed by atoms with Crippen molar-refractivity contribution in [1.29, 1.82) is 0 Å². The maximum absolute atomic E-state index is 14.3. The van der Waals surface area contributed by atoms with Crippen molar-refractivity contribution < 1.29 is 28.6 Å². The Kier molecular flexibility index (Phi) is 7.65. The van der Waals surface area contributed by atoms with Crippen LogP contribution in [0.2, 0.25) is 0 Å². The molecule has 2 aromatic rings. The van der Waals surface area contributed by atoms with Gasteiger partial charge in [0.1, 0.15) is 5.76 Å². The van der Waals surface area contributed by atoms with Gasteiger partial charge in [-0.2, -0.15) is 0 Å². The lowest BCUT2D eigenvalue weighted by Crippen LogP contribution is -2.38. The van der Waals surface area contributed by atoms with E-state index in [0.29, 0.717) is 31.7 Å². The summed E-state index contributed by atoms with van der Waals surface area (Å²) >= 11 is 3.44. The van der Waals surface area contributed by atoms with E-state index in [1.807, 2.05) is 12.1 Å². The molecule has 0 unspecified atom stereocenters. The highest BCUT2D eigenvalue weighted by atomic mass is 79.9. The highest BCUT2D eigenvalue weighted by Gasteiger charge is 2.46. The third-order valence-electron chi connectivity index (χ3n) is 6.11. The smallest absolute Gasteiger partial charge is 0.295 e. The van der Waals surface area contributed by atoms with E-state index >= 15 is 0 Å². The normalized spacial score (nSPS) is 20.7. The summed E-state index contributed by atoms with van der Waals surface area (Å²) in [6.07, 6.45) is 0.661. The molecule has 0 aromatic heterocycles. The van der Waals surface area contributed by atoms with Crippen molar-refractivity contribution in [3.63, 3.8) is 0 Å². The third-order valence-corrected chi connectivity index (χ3v) is 6.60. The van der Waals surface area contributed by atoms with Crippen LogP contribution in [0.25, 0.3) is 5.76 Å². The number of carbonyl (C=O) groups excluding carboxylic acids is 2. The molecule has 2 saturated heterocycles. The third kappa shape index (κ3) is 5.01. The zero-order chi connectivity index (χ0) is 24.2. The number of likely N-dealkylation sites (tertiary alicyclic amines) is 1. The molecule has 4 rings (SSSR count). The number of amides is 1. The Bertz CT molecular complexity index is 1120. The Morgan fingerprint density at radius 1 is 1.18 bits per heavy atom. The highest BCUT2D eigenvalue weighted by Crippen LogP contribution is 2.40. The largest absolute Gasteiger partial charge is 0.507 e. The Balaban J connectivity index is 1.69. The van der Waals surface area contributed by atoms with E-state index < -0.39 is 29.3 Å². The molecule has 0 aliphatic carbocycles. The van der Waals surface area contributed by atoms with E-state index in [4.69, 9.17) is 9.47 Å². The first kappa shape index (κ1) is 24.4. The summed E-state index contributed by atoms with van der Waals surface area (Å²) in [5.74, 6) is -2.54. The van der Waals surface area contributed by atoms with E-state index in [1.54, 1.807) is 12.1 Å². The van der Waals surface area contributed by atoms with E-state index in [0.717, 1.165) is 30.2 Å². The average molecular weight is 533 g/mol. The summed E-state index contributed by atoms with van der Waals surface area (Å²) in [5.41, 5.74) is 0.721. The Hall–Kier alpha value is -2.75. The molecule has 0 radical (unpaired) electrons.